The van der Waals surface area contributed by atoms with E-state index in [1.165, 1.54) is 0 Å². The molecule has 4 rings (SSSR count). The summed E-state index contributed by atoms with van der Waals surface area (Å²) in [6.07, 6.45) is 1.57. The van der Waals surface area contributed by atoms with Crippen LogP contribution in [0.25, 0.3) is 16.9 Å². The SMILES string of the molecule is Cc1cccc2nc(-c3ccc4c(c3)N(C)C(=O)C(C)O4)cn12. The molecule has 3 aromatic rings. The van der Waals surface area contributed by atoms with Gasteiger partial charge in [-0.3, -0.25) is 4.79 Å². The summed E-state index contributed by atoms with van der Waals surface area (Å²) in [7, 11) is 1.78. The third kappa shape index (κ3) is 2.08. The summed E-state index contributed by atoms with van der Waals surface area (Å²) in [6, 6.07) is 11.9. The van der Waals surface area contributed by atoms with Crippen LogP contribution >= 0.6 is 0 Å². The number of aromatic nitrogens is 2. The number of anilines is 1. The molecule has 0 saturated heterocycles. The molecular weight excluding hydrogens is 290 g/mol. The van der Waals surface area contributed by atoms with Gasteiger partial charge >= 0.3 is 0 Å². The van der Waals surface area contributed by atoms with Gasteiger partial charge in [0.15, 0.2) is 6.10 Å². The number of hydrogen-bond donors (Lipinski definition) is 0. The Labute approximate surface area is 134 Å². The number of carbonyl (C=O) groups excluding carboxylic acids is 1. The molecule has 5 heteroatoms. The van der Waals surface area contributed by atoms with Crippen molar-refractivity contribution in [2.45, 2.75) is 20.0 Å². The van der Waals surface area contributed by atoms with E-state index in [4.69, 9.17) is 4.74 Å². The lowest BCUT2D eigenvalue weighted by molar-refractivity contribution is -0.125. The van der Waals surface area contributed by atoms with Gasteiger partial charge in [0.25, 0.3) is 5.91 Å². The van der Waals surface area contributed by atoms with Gasteiger partial charge in [-0.2, -0.15) is 0 Å². The van der Waals surface area contributed by atoms with Crippen molar-refractivity contribution >= 4 is 17.2 Å². The number of carbonyl (C=O) groups is 1. The number of ether oxygens (including phenoxy) is 1. The molecule has 0 aliphatic carbocycles. The molecule has 1 aliphatic rings. The fraction of sp³-hybridized carbons (Fsp3) is 0.222. The second-order valence-electron chi connectivity index (χ2n) is 5.86. The Hall–Kier alpha value is -2.82. The van der Waals surface area contributed by atoms with E-state index in [0.29, 0.717) is 0 Å². The lowest BCUT2D eigenvalue weighted by Gasteiger charge is -2.30. The molecule has 2 aromatic heterocycles. The molecule has 1 atom stereocenters. The van der Waals surface area contributed by atoms with Crippen molar-refractivity contribution in [1.82, 2.24) is 9.38 Å². The van der Waals surface area contributed by atoms with E-state index in [1.807, 2.05) is 49.5 Å². The predicted octanol–water partition coefficient (Wildman–Crippen LogP) is 3.05. The van der Waals surface area contributed by atoms with Gasteiger partial charge in [-0.25, -0.2) is 4.98 Å². The van der Waals surface area contributed by atoms with Crippen LogP contribution < -0.4 is 9.64 Å². The van der Waals surface area contributed by atoms with Crippen LogP contribution in [-0.4, -0.2) is 28.4 Å². The van der Waals surface area contributed by atoms with Crippen LogP contribution in [0.4, 0.5) is 5.69 Å². The molecular formula is C18H17N3O2. The first kappa shape index (κ1) is 13.8. The summed E-state index contributed by atoms with van der Waals surface area (Å²) in [5.74, 6) is 0.684. The fourth-order valence-electron chi connectivity index (χ4n) is 2.96. The zero-order valence-electron chi connectivity index (χ0n) is 13.3. The molecule has 0 spiro atoms. The third-order valence-electron chi connectivity index (χ3n) is 4.29. The predicted molar refractivity (Wildman–Crippen MR) is 88.9 cm³/mol. The van der Waals surface area contributed by atoms with Gasteiger partial charge in [0.1, 0.15) is 11.4 Å². The number of fused-ring (bicyclic) bond motifs is 2. The molecule has 0 N–H and O–H groups in total. The first-order valence-corrected chi connectivity index (χ1v) is 7.58. The summed E-state index contributed by atoms with van der Waals surface area (Å²) in [5.41, 5.74) is 4.65. The molecule has 5 nitrogen and oxygen atoms in total. The van der Waals surface area contributed by atoms with E-state index in [0.717, 1.165) is 34.0 Å². The van der Waals surface area contributed by atoms with Gasteiger partial charge in [-0.15, -0.1) is 0 Å². The quantitative estimate of drug-likeness (QED) is 0.694. The van der Waals surface area contributed by atoms with Crippen molar-refractivity contribution < 1.29 is 9.53 Å². The maximum Gasteiger partial charge on any atom is 0.267 e. The van der Waals surface area contributed by atoms with Crippen LogP contribution in [0, 0.1) is 6.92 Å². The lowest BCUT2D eigenvalue weighted by Crippen LogP contribution is -2.41. The number of likely N-dealkylation sites (N-methyl/N-ethyl adjacent to an activating group) is 1. The number of nitrogens with zero attached hydrogens (tertiary/aromatic N) is 3. The van der Waals surface area contributed by atoms with Gasteiger partial charge < -0.3 is 14.0 Å². The van der Waals surface area contributed by atoms with Gasteiger partial charge in [0, 0.05) is 24.5 Å². The number of imidazole rings is 1. The van der Waals surface area contributed by atoms with Crippen molar-refractivity contribution in [2.24, 2.45) is 0 Å². The molecule has 0 radical (unpaired) electrons. The number of pyridine rings is 1. The number of amides is 1. The molecule has 1 aromatic carbocycles. The molecule has 0 saturated carbocycles. The van der Waals surface area contributed by atoms with E-state index < -0.39 is 6.10 Å². The van der Waals surface area contributed by atoms with E-state index in [9.17, 15) is 4.79 Å². The summed E-state index contributed by atoms with van der Waals surface area (Å²) < 4.78 is 7.72. The number of rotatable bonds is 1. The average Bonchev–Trinajstić information content (AvgIpc) is 2.98. The smallest absolute Gasteiger partial charge is 0.267 e. The van der Waals surface area contributed by atoms with Gasteiger partial charge in [0.05, 0.1) is 11.4 Å². The molecule has 116 valence electrons. The fourth-order valence-corrected chi connectivity index (χ4v) is 2.96. The number of benzene rings is 1. The minimum atomic E-state index is -0.448. The van der Waals surface area contributed by atoms with Crippen molar-refractivity contribution in [3.63, 3.8) is 0 Å². The summed E-state index contributed by atoms with van der Waals surface area (Å²) in [5, 5.41) is 0. The maximum absolute atomic E-state index is 12.1. The van der Waals surface area contributed by atoms with Crippen LogP contribution in [0.2, 0.25) is 0 Å². The highest BCUT2D eigenvalue weighted by molar-refractivity contribution is 6.00. The lowest BCUT2D eigenvalue weighted by atomic mass is 10.1. The van der Waals surface area contributed by atoms with Crippen molar-refractivity contribution in [3.8, 4) is 17.0 Å². The zero-order chi connectivity index (χ0) is 16.1. The molecule has 1 aliphatic heterocycles. The highest BCUT2D eigenvalue weighted by atomic mass is 16.5. The second kappa shape index (κ2) is 4.84. The van der Waals surface area contributed by atoms with Crippen molar-refractivity contribution in [2.75, 3.05) is 11.9 Å². The van der Waals surface area contributed by atoms with E-state index >= 15 is 0 Å². The highest BCUT2D eigenvalue weighted by Gasteiger charge is 2.29. The topological polar surface area (TPSA) is 46.8 Å². The Morgan fingerprint density at radius 2 is 2.04 bits per heavy atom. The second-order valence-corrected chi connectivity index (χ2v) is 5.86. The Morgan fingerprint density at radius 3 is 2.83 bits per heavy atom. The number of aryl methyl sites for hydroxylation is 1. The molecule has 0 bridgehead atoms. The standard InChI is InChI=1S/C18H17N3O2/c1-11-5-4-6-17-19-14(10-21(11)17)13-7-8-16-15(9-13)20(3)18(22)12(2)23-16/h4-10,12H,1-3H3. The average molecular weight is 307 g/mol. The van der Waals surface area contributed by atoms with Gasteiger partial charge in [-0.05, 0) is 44.2 Å². The molecule has 23 heavy (non-hydrogen) atoms. The summed E-state index contributed by atoms with van der Waals surface area (Å²) in [4.78, 5) is 18.4. The normalized spacial score (nSPS) is 17.3. The Kier molecular flexibility index (Phi) is 2.91. The van der Waals surface area contributed by atoms with Crippen molar-refractivity contribution in [1.29, 1.82) is 0 Å². The molecule has 0 fully saturated rings. The largest absolute Gasteiger partial charge is 0.479 e. The van der Waals surface area contributed by atoms with E-state index in [2.05, 4.69) is 9.38 Å². The molecule has 1 unspecified atom stereocenters. The minimum absolute atomic E-state index is 0.0412. The maximum atomic E-state index is 12.1. The monoisotopic (exact) mass is 307 g/mol. The van der Waals surface area contributed by atoms with E-state index in [-0.39, 0.29) is 5.91 Å². The van der Waals surface area contributed by atoms with Crippen LogP contribution in [0.15, 0.2) is 42.6 Å². The van der Waals surface area contributed by atoms with Crippen LogP contribution in [-0.2, 0) is 4.79 Å². The summed E-state index contributed by atoms with van der Waals surface area (Å²) in [6.45, 7) is 3.81. The minimum Gasteiger partial charge on any atom is -0.479 e. The third-order valence-corrected chi connectivity index (χ3v) is 4.29. The number of hydrogen-bond acceptors (Lipinski definition) is 3. The Morgan fingerprint density at radius 1 is 1.22 bits per heavy atom. The molecule has 3 heterocycles. The Balaban J connectivity index is 1.83. The zero-order valence-corrected chi connectivity index (χ0v) is 13.3. The van der Waals surface area contributed by atoms with Gasteiger partial charge in [0.2, 0.25) is 0 Å². The summed E-state index contributed by atoms with van der Waals surface area (Å²) >= 11 is 0. The van der Waals surface area contributed by atoms with Crippen LogP contribution in [0.3, 0.4) is 0 Å². The molecule has 1 amide bonds. The first-order chi connectivity index (χ1) is 11.0. The van der Waals surface area contributed by atoms with E-state index in [1.54, 1.807) is 18.9 Å². The van der Waals surface area contributed by atoms with Crippen LogP contribution in [0.1, 0.15) is 12.6 Å². The first-order valence-electron chi connectivity index (χ1n) is 7.58. The highest BCUT2D eigenvalue weighted by Crippen LogP contribution is 2.36. The van der Waals surface area contributed by atoms with Gasteiger partial charge in [-0.1, -0.05) is 6.07 Å². The van der Waals surface area contributed by atoms with Crippen LogP contribution in [0.5, 0.6) is 5.75 Å². The Bertz CT molecular complexity index is 929. The van der Waals surface area contributed by atoms with Crippen molar-refractivity contribution in [3.05, 3.63) is 48.3 Å².